The summed E-state index contributed by atoms with van der Waals surface area (Å²) in [5.74, 6) is -0.440. The van der Waals surface area contributed by atoms with E-state index >= 15 is 0 Å². The molecule has 7 heteroatoms. The Hall–Kier alpha value is -3.58. The standard InChI is InChI=1S/C27H25N3O3S/c1-18-12-19(2)14-21(13-18)30-25(32)17-34-27(30)22-10-6-7-11-23(22)29(26(27)33)16-24(31)28-15-20-8-4-3-5-9-20/h3-14H,15-17H2,1-2H3,(H,28,31)/t27-/m0/s1. The second kappa shape index (κ2) is 8.65. The number of carbonyl (C=O) groups is 3. The van der Waals surface area contributed by atoms with E-state index in [4.69, 9.17) is 0 Å². The van der Waals surface area contributed by atoms with Crippen molar-refractivity contribution in [3.05, 3.63) is 95.1 Å². The second-order valence-electron chi connectivity index (χ2n) is 8.68. The van der Waals surface area contributed by atoms with Gasteiger partial charge in [0.05, 0.1) is 11.4 Å². The lowest BCUT2D eigenvalue weighted by atomic mass is 10.0. The molecule has 0 unspecified atom stereocenters. The molecule has 34 heavy (non-hydrogen) atoms. The number of thioether (sulfide) groups is 1. The first-order valence-corrected chi connectivity index (χ1v) is 12.2. The summed E-state index contributed by atoms with van der Waals surface area (Å²) in [4.78, 5) is 41.9. The normalized spacial score (nSPS) is 19.1. The molecule has 3 aromatic carbocycles. The minimum atomic E-state index is -1.21. The summed E-state index contributed by atoms with van der Waals surface area (Å²) in [6, 6.07) is 23.0. The zero-order valence-electron chi connectivity index (χ0n) is 19.1. The average molecular weight is 472 g/mol. The molecule has 1 fully saturated rings. The fourth-order valence-electron chi connectivity index (χ4n) is 4.79. The molecule has 1 N–H and O–H groups in total. The predicted molar refractivity (Wildman–Crippen MR) is 135 cm³/mol. The van der Waals surface area contributed by atoms with Gasteiger partial charge in [0.25, 0.3) is 5.91 Å². The van der Waals surface area contributed by atoms with Crippen LogP contribution in [0, 0.1) is 13.8 Å². The van der Waals surface area contributed by atoms with Gasteiger partial charge in [-0.25, -0.2) is 0 Å². The molecule has 0 bridgehead atoms. The Morgan fingerprint density at radius 1 is 0.971 bits per heavy atom. The number of nitrogens with zero attached hydrogens (tertiary/aromatic N) is 2. The van der Waals surface area contributed by atoms with Gasteiger partial charge in [-0.2, -0.15) is 0 Å². The number of aryl methyl sites for hydroxylation is 2. The molecule has 0 aliphatic carbocycles. The van der Waals surface area contributed by atoms with Crippen molar-refractivity contribution in [3.8, 4) is 0 Å². The van der Waals surface area contributed by atoms with E-state index < -0.39 is 4.87 Å². The quantitative estimate of drug-likeness (QED) is 0.613. The molecule has 2 aliphatic heterocycles. The molecule has 0 aromatic heterocycles. The van der Waals surface area contributed by atoms with E-state index in [0.717, 1.165) is 22.3 Å². The van der Waals surface area contributed by atoms with Crippen molar-refractivity contribution in [1.82, 2.24) is 5.32 Å². The van der Waals surface area contributed by atoms with Gasteiger partial charge in [0.15, 0.2) is 0 Å². The minimum Gasteiger partial charge on any atom is -0.350 e. The predicted octanol–water partition coefficient (Wildman–Crippen LogP) is 3.90. The number of benzene rings is 3. The SMILES string of the molecule is Cc1cc(C)cc(N2C(=O)CS[C@@]23C(=O)N(CC(=O)NCc2ccccc2)c2ccccc23)c1. The van der Waals surface area contributed by atoms with Crippen molar-refractivity contribution in [2.75, 3.05) is 22.1 Å². The number of carbonyl (C=O) groups excluding carboxylic acids is 3. The zero-order chi connectivity index (χ0) is 23.9. The molecule has 0 saturated carbocycles. The molecular formula is C27H25N3O3S. The number of para-hydroxylation sites is 1. The van der Waals surface area contributed by atoms with E-state index in [1.807, 2.05) is 86.6 Å². The number of amides is 3. The maximum atomic E-state index is 14.0. The Morgan fingerprint density at radius 2 is 1.65 bits per heavy atom. The van der Waals surface area contributed by atoms with Crippen LogP contribution in [0.1, 0.15) is 22.3 Å². The topological polar surface area (TPSA) is 69.7 Å². The van der Waals surface area contributed by atoms with Crippen molar-refractivity contribution in [1.29, 1.82) is 0 Å². The first-order chi connectivity index (χ1) is 16.4. The second-order valence-corrected chi connectivity index (χ2v) is 9.85. The van der Waals surface area contributed by atoms with Crippen molar-refractivity contribution in [2.24, 2.45) is 0 Å². The molecular weight excluding hydrogens is 446 g/mol. The van der Waals surface area contributed by atoms with Crippen LogP contribution in [0.15, 0.2) is 72.8 Å². The van der Waals surface area contributed by atoms with Gasteiger partial charge in [0.2, 0.25) is 16.7 Å². The van der Waals surface area contributed by atoms with Gasteiger partial charge in [0, 0.05) is 17.8 Å². The first kappa shape index (κ1) is 22.2. The van der Waals surface area contributed by atoms with Crippen molar-refractivity contribution >= 4 is 40.9 Å². The highest BCUT2D eigenvalue weighted by atomic mass is 32.2. The first-order valence-electron chi connectivity index (χ1n) is 11.2. The van der Waals surface area contributed by atoms with Crippen LogP contribution in [0.25, 0.3) is 0 Å². The van der Waals surface area contributed by atoms with Crippen LogP contribution in [0.4, 0.5) is 11.4 Å². The monoisotopic (exact) mass is 471 g/mol. The fraction of sp³-hybridized carbons (Fsp3) is 0.222. The van der Waals surface area contributed by atoms with Gasteiger partial charge in [0.1, 0.15) is 6.54 Å². The van der Waals surface area contributed by atoms with E-state index in [-0.39, 0.29) is 30.0 Å². The summed E-state index contributed by atoms with van der Waals surface area (Å²) >= 11 is 1.32. The van der Waals surface area contributed by atoms with E-state index in [1.165, 1.54) is 16.7 Å². The molecule has 1 spiro atoms. The van der Waals surface area contributed by atoms with Crippen LogP contribution < -0.4 is 15.1 Å². The summed E-state index contributed by atoms with van der Waals surface area (Å²) in [5.41, 5.74) is 5.13. The zero-order valence-corrected chi connectivity index (χ0v) is 19.9. The number of nitrogens with one attached hydrogen (secondary N) is 1. The lowest BCUT2D eigenvalue weighted by Crippen LogP contribution is -2.51. The molecule has 3 amide bonds. The molecule has 5 rings (SSSR count). The van der Waals surface area contributed by atoms with Gasteiger partial charge in [-0.05, 0) is 48.7 Å². The lowest BCUT2D eigenvalue weighted by Gasteiger charge is -2.33. The van der Waals surface area contributed by atoms with Crippen LogP contribution in [-0.2, 0) is 25.8 Å². The van der Waals surface area contributed by atoms with Gasteiger partial charge in [-0.15, -0.1) is 11.8 Å². The number of anilines is 2. The highest BCUT2D eigenvalue weighted by Gasteiger charge is 2.61. The average Bonchev–Trinajstić information content (AvgIpc) is 3.29. The summed E-state index contributed by atoms with van der Waals surface area (Å²) in [7, 11) is 0. The van der Waals surface area contributed by atoms with E-state index in [9.17, 15) is 14.4 Å². The Labute approximate surface area is 202 Å². The van der Waals surface area contributed by atoms with Crippen molar-refractivity contribution < 1.29 is 14.4 Å². The third-order valence-corrected chi connectivity index (χ3v) is 7.55. The molecule has 1 atom stereocenters. The molecule has 2 heterocycles. The molecule has 6 nitrogen and oxygen atoms in total. The van der Waals surface area contributed by atoms with E-state index in [0.29, 0.717) is 17.9 Å². The highest BCUT2D eigenvalue weighted by molar-refractivity contribution is 8.02. The number of hydrogen-bond acceptors (Lipinski definition) is 4. The Morgan fingerprint density at radius 3 is 2.38 bits per heavy atom. The maximum Gasteiger partial charge on any atom is 0.269 e. The van der Waals surface area contributed by atoms with Gasteiger partial charge < -0.3 is 5.32 Å². The van der Waals surface area contributed by atoms with Gasteiger partial charge in [-0.1, -0.05) is 54.6 Å². The lowest BCUT2D eigenvalue weighted by molar-refractivity contribution is -0.125. The third kappa shape index (κ3) is 3.66. The molecule has 172 valence electrons. The maximum absolute atomic E-state index is 14.0. The Bertz CT molecular complexity index is 1270. The van der Waals surface area contributed by atoms with Crippen LogP contribution >= 0.6 is 11.8 Å². The molecule has 0 radical (unpaired) electrons. The molecule has 1 saturated heterocycles. The number of hydrogen-bond donors (Lipinski definition) is 1. The van der Waals surface area contributed by atoms with E-state index in [2.05, 4.69) is 5.32 Å². The third-order valence-electron chi connectivity index (χ3n) is 6.16. The van der Waals surface area contributed by atoms with Crippen LogP contribution in [0.3, 0.4) is 0 Å². The summed E-state index contributed by atoms with van der Waals surface area (Å²) in [6.45, 7) is 4.23. The highest BCUT2D eigenvalue weighted by Crippen LogP contribution is 2.55. The summed E-state index contributed by atoms with van der Waals surface area (Å²) in [6.07, 6.45) is 0. The van der Waals surface area contributed by atoms with Crippen LogP contribution in [0.2, 0.25) is 0 Å². The summed E-state index contributed by atoms with van der Waals surface area (Å²) < 4.78 is 0. The van der Waals surface area contributed by atoms with Crippen LogP contribution in [0.5, 0.6) is 0 Å². The smallest absolute Gasteiger partial charge is 0.269 e. The molecule has 2 aliphatic rings. The Kier molecular flexibility index (Phi) is 5.65. The fourth-order valence-corrected chi connectivity index (χ4v) is 6.15. The minimum absolute atomic E-state index is 0.111. The van der Waals surface area contributed by atoms with Crippen molar-refractivity contribution in [2.45, 2.75) is 25.3 Å². The Balaban J connectivity index is 1.49. The van der Waals surface area contributed by atoms with E-state index in [1.54, 1.807) is 4.90 Å². The number of rotatable bonds is 5. The largest absolute Gasteiger partial charge is 0.350 e. The molecule has 3 aromatic rings. The van der Waals surface area contributed by atoms with Gasteiger partial charge >= 0.3 is 0 Å². The van der Waals surface area contributed by atoms with Crippen LogP contribution in [-0.4, -0.2) is 30.0 Å². The van der Waals surface area contributed by atoms with Gasteiger partial charge in [-0.3, -0.25) is 24.2 Å². The van der Waals surface area contributed by atoms with Crippen molar-refractivity contribution in [3.63, 3.8) is 0 Å². The summed E-state index contributed by atoms with van der Waals surface area (Å²) in [5, 5.41) is 2.90. The number of fused-ring (bicyclic) bond motifs is 2.